The van der Waals surface area contributed by atoms with Crippen LogP contribution in [0.1, 0.15) is 47.0 Å². The van der Waals surface area contributed by atoms with Gasteiger partial charge in [0.2, 0.25) is 0 Å². The first-order chi connectivity index (χ1) is 8.01. The Kier molecular flexibility index (Phi) is 6.45. The molecule has 0 aromatic carbocycles. The van der Waals surface area contributed by atoms with E-state index in [1.807, 2.05) is 0 Å². The molecule has 1 unspecified atom stereocenters. The lowest BCUT2D eigenvalue weighted by atomic mass is 10.0. The number of hydrogen-bond acceptors (Lipinski definition) is 3. The number of nitrogens with one attached hydrogen (secondary N) is 1. The summed E-state index contributed by atoms with van der Waals surface area (Å²) in [6.45, 7) is 12.4. The van der Waals surface area contributed by atoms with Gasteiger partial charge in [0.15, 0.2) is 0 Å². The van der Waals surface area contributed by atoms with E-state index in [-0.39, 0.29) is 5.54 Å². The molecule has 1 N–H and O–H groups in total. The quantitative estimate of drug-likeness (QED) is 0.778. The van der Waals surface area contributed by atoms with E-state index >= 15 is 0 Å². The van der Waals surface area contributed by atoms with E-state index in [0.717, 1.165) is 45.6 Å². The molecule has 0 saturated carbocycles. The molecule has 1 rings (SSSR count). The van der Waals surface area contributed by atoms with Gasteiger partial charge in [-0.3, -0.25) is 0 Å². The second kappa shape index (κ2) is 7.34. The zero-order valence-electron chi connectivity index (χ0n) is 11.9. The summed E-state index contributed by atoms with van der Waals surface area (Å²) in [5, 5.41) is 3.51. The normalized spacial score (nSPS) is 20.5. The highest BCUT2D eigenvalue weighted by Crippen LogP contribution is 2.16. The van der Waals surface area contributed by atoms with Gasteiger partial charge in [0, 0.05) is 31.9 Å². The molecule has 0 aromatic heterocycles. The van der Waals surface area contributed by atoms with Crippen molar-refractivity contribution in [3.05, 3.63) is 0 Å². The molecule has 3 nitrogen and oxygen atoms in total. The first-order valence-corrected chi connectivity index (χ1v) is 6.95. The molecule has 0 aliphatic carbocycles. The molecule has 1 aliphatic heterocycles. The van der Waals surface area contributed by atoms with E-state index in [1.165, 1.54) is 0 Å². The predicted octanol–water partition coefficient (Wildman–Crippen LogP) is 2.60. The van der Waals surface area contributed by atoms with Crippen LogP contribution in [0.4, 0.5) is 0 Å². The lowest BCUT2D eigenvalue weighted by Crippen LogP contribution is -2.42. The summed E-state index contributed by atoms with van der Waals surface area (Å²) in [5.74, 6) is 0.701. The molecule has 0 amide bonds. The smallest absolute Gasteiger partial charge is 0.0697 e. The van der Waals surface area contributed by atoms with Gasteiger partial charge in [0.1, 0.15) is 0 Å². The summed E-state index contributed by atoms with van der Waals surface area (Å²) in [4.78, 5) is 0. The van der Waals surface area contributed by atoms with E-state index in [1.54, 1.807) is 0 Å². The summed E-state index contributed by atoms with van der Waals surface area (Å²) >= 11 is 0. The van der Waals surface area contributed by atoms with Crippen LogP contribution in [0.15, 0.2) is 0 Å². The third-order valence-electron chi connectivity index (χ3n) is 3.22. The Labute approximate surface area is 106 Å². The molecule has 1 fully saturated rings. The van der Waals surface area contributed by atoms with Crippen LogP contribution in [-0.2, 0) is 9.47 Å². The fraction of sp³-hybridized carbons (Fsp3) is 1.00. The van der Waals surface area contributed by atoms with Crippen LogP contribution < -0.4 is 5.32 Å². The van der Waals surface area contributed by atoms with Crippen molar-refractivity contribution < 1.29 is 9.47 Å². The van der Waals surface area contributed by atoms with Gasteiger partial charge in [-0.15, -0.1) is 0 Å². The summed E-state index contributed by atoms with van der Waals surface area (Å²) < 4.78 is 11.4. The summed E-state index contributed by atoms with van der Waals surface area (Å²) in [5.41, 5.74) is 0.176. The monoisotopic (exact) mass is 243 g/mol. The van der Waals surface area contributed by atoms with E-state index in [0.29, 0.717) is 12.0 Å². The average Bonchev–Trinajstić information content (AvgIpc) is 2.29. The lowest BCUT2D eigenvalue weighted by molar-refractivity contribution is -0.0130. The van der Waals surface area contributed by atoms with Crippen LogP contribution >= 0.6 is 0 Å². The summed E-state index contributed by atoms with van der Waals surface area (Å²) in [6, 6.07) is 0. The van der Waals surface area contributed by atoms with Gasteiger partial charge >= 0.3 is 0 Å². The molecule has 0 spiro atoms. The third kappa shape index (κ3) is 7.02. The van der Waals surface area contributed by atoms with Crippen LogP contribution in [-0.4, -0.2) is 38.0 Å². The SMILES string of the molecule is CCC(CNC(C)(C)C)OCC1CCOCC1. The second-order valence-electron chi connectivity index (χ2n) is 6.05. The van der Waals surface area contributed by atoms with Crippen molar-refractivity contribution in [2.24, 2.45) is 5.92 Å². The zero-order valence-corrected chi connectivity index (χ0v) is 11.9. The Balaban J connectivity index is 2.17. The molecule has 0 radical (unpaired) electrons. The minimum atomic E-state index is 0.176. The summed E-state index contributed by atoms with van der Waals surface area (Å²) in [6.07, 6.45) is 3.73. The average molecular weight is 243 g/mol. The fourth-order valence-corrected chi connectivity index (χ4v) is 1.93. The van der Waals surface area contributed by atoms with E-state index in [2.05, 4.69) is 33.0 Å². The molecule has 102 valence electrons. The van der Waals surface area contributed by atoms with Crippen LogP contribution in [0.3, 0.4) is 0 Å². The van der Waals surface area contributed by atoms with Crippen LogP contribution in [0.2, 0.25) is 0 Å². The van der Waals surface area contributed by atoms with Crippen LogP contribution in [0.5, 0.6) is 0 Å². The van der Waals surface area contributed by atoms with Gasteiger partial charge in [0.25, 0.3) is 0 Å². The maximum absolute atomic E-state index is 6.01. The third-order valence-corrected chi connectivity index (χ3v) is 3.22. The van der Waals surface area contributed by atoms with Gasteiger partial charge in [-0.1, -0.05) is 6.92 Å². The molecular weight excluding hydrogens is 214 g/mol. The van der Waals surface area contributed by atoms with Gasteiger partial charge < -0.3 is 14.8 Å². The minimum Gasteiger partial charge on any atom is -0.381 e. The van der Waals surface area contributed by atoms with Gasteiger partial charge in [-0.05, 0) is 46.0 Å². The van der Waals surface area contributed by atoms with Gasteiger partial charge in [-0.2, -0.15) is 0 Å². The molecule has 0 bridgehead atoms. The van der Waals surface area contributed by atoms with Crippen molar-refractivity contribution in [1.29, 1.82) is 0 Å². The molecule has 17 heavy (non-hydrogen) atoms. The van der Waals surface area contributed by atoms with E-state index < -0.39 is 0 Å². The molecular formula is C14H29NO2. The zero-order chi connectivity index (χ0) is 12.7. The first kappa shape index (κ1) is 14.9. The van der Waals surface area contributed by atoms with Gasteiger partial charge in [0.05, 0.1) is 6.10 Å². The van der Waals surface area contributed by atoms with Crippen molar-refractivity contribution in [3.8, 4) is 0 Å². The van der Waals surface area contributed by atoms with Crippen molar-refractivity contribution in [2.75, 3.05) is 26.4 Å². The maximum Gasteiger partial charge on any atom is 0.0697 e. The maximum atomic E-state index is 6.01. The molecule has 1 atom stereocenters. The van der Waals surface area contributed by atoms with Crippen molar-refractivity contribution in [2.45, 2.75) is 58.6 Å². The summed E-state index contributed by atoms with van der Waals surface area (Å²) in [7, 11) is 0. The minimum absolute atomic E-state index is 0.176. The number of hydrogen-bond donors (Lipinski definition) is 1. The first-order valence-electron chi connectivity index (χ1n) is 6.95. The predicted molar refractivity (Wildman–Crippen MR) is 71.3 cm³/mol. The van der Waals surface area contributed by atoms with Crippen molar-refractivity contribution in [3.63, 3.8) is 0 Å². The molecule has 3 heteroatoms. The Hall–Kier alpha value is -0.120. The lowest BCUT2D eigenvalue weighted by Gasteiger charge is -2.27. The van der Waals surface area contributed by atoms with Crippen molar-refractivity contribution in [1.82, 2.24) is 5.32 Å². The highest BCUT2D eigenvalue weighted by Gasteiger charge is 2.17. The van der Waals surface area contributed by atoms with Gasteiger partial charge in [-0.25, -0.2) is 0 Å². The highest BCUT2D eigenvalue weighted by molar-refractivity contribution is 4.73. The van der Waals surface area contributed by atoms with E-state index in [9.17, 15) is 0 Å². The second-order valence-corrected chi connectivity index (χ2v) is 6.05. The highest BCUT2D eigenvalue weighted by atomic mass is 16.5. The van der Waals surface area contributed by atoms with E-state index in [4.69, 9.17) is 9.47 Å². The van der Waals surface area contributed by atoms with Crippen LogP contribution in [0, 0.1) is 5.92 Å². The standard InChI is InChI=1S/C14H29NO2/c1-5-13(10-15-14(2,3)4)17-11-12-6-8-16-9-7-12/h12-13,15H,5-11H2,1-4H3. The van der Waals surface area contributed by atoms with Crippen molar-refractivity contribution >= 4 is 0 Å². The largest absolute Gasteiger partial charge is 0.381 e. The topological polar surface area (TPSA) is 30.5 Å². The van der Waals surface area contributed by atoms with Crippen LogP contribution in [0.25, 0.3) is 0 Å². The Morgan fingerprint density at radius 2 is 1.94 bits per heavy atom. The fourth-order valence-electron chi connectivity index (χ4n) is 1.93. The number of rotatable bonds is 6. The molecule has 0 aromatic rings. The molecule has 1 aliphatic rings. The molecule has 1 saturated heterocycles. The number of ether oxygens (including phenoxy) is 2. The Bertz CT molecular complexity index is 195. The Morgan fingerprint density at radius 1 is 1.29 bits per heavy atom. The Morgan fingerprint density at radius 3 is 2.47 bits per heavy atom. The molecule has 1 heterocycles.